The SMILES string of the molecule is COCC(Cl)CNC(=O)c1cc2cc(C)ccc2o1. The molecule has 19 heavy (non-hydrogen) atoms. The van der Waals surface area contributed by atoms with Crippen LogP contribution in [0, 0.1) is 6.92 Å². The maximum atomic E-state index is 11.9. The largest absolute Gasteiger partial charge is 0.451 e. The van der Waals surface area contributed by atoms with Gasteiger partial charge < -0.3 is 14.5 Å². The fourth-order valence-electron chi connectivity index (χ4n) is 1.81. The lowest BCUT2D eigenvalue weighted by atomic mass is 10.2. The first kappa shape index (κ1) is 13.9. The monoisotopic (exact) mass is 281 g/mol. The van der Waals surface area contributed by atoms with Crippen LogP contribution >= 0.6 is 11.6 Å². The molecule has 0 spiro atoms. The number of aryl methyl sites for hydroxylation is 1. The molecule has 0 saturated heterocycles. The Morgan fingerprint density at radius 3 is 3.00 bits per heavy atom. The molecule has 2 rings (SSSR count). The predicted molar refractivity (Wildman–Crippen MR) is 74.8 cm³/mol. The van der Waals surface area contributed by atoms with Crippen LogP contribution in [0.25, 0.3) is 11.0 Å². The summed E-state index contributed by atoms with van der Waals surface area (Å²) in [5.74, 6) is 0.0255. The van der Waals surface area contributed by atoms with Crippen molar-refractivity contribution in [3.63, 3.8) is 0 Å². The average Bonchev–Trinajstić information content (AvgIpc) is 2.79. The van der Waals surface area contributed by atoms with E-state index in [4.69, 9.17) is 20.8 Å². The highest BCUT2D eigenvalue weighted by Gasteiger charge is 2.13. The van der Waals surface area contributed by atoms with Gasteiger partial charge in [0, 0.05) is 19.0 Å². The number of fused-ring (bicyclic) bond motifs is 1. The van der Waals surface area contributed by atoms with Gasteiger partial charge in [-0.3, -0.25) is 4.79 Å². The van der Waals surface area contributed by atoms with E-state index in [1.54, 1.807) is 13.2 Å². The van der Waals surface area contributed by atoms with Gasteiger partial charge in [0.25, 0.3) is 5.91 Å². The second-order valence-electron chi connectivity index (χ2n) is 4.41. The lowest BCUT2D eigenvalue weighted by Gasteiger charge is -2.08. The van der Waals surface area contributed by atoms with Crippen LogP contribution in [0.15, 0.2) is 28.7 Å². The Bertz CT molecular complexity index is 579. The van der Waals surface area contributed by atoms with Gasteiger partial charge >= 0.3 is 0 Å². The van der Waals surface area contributed by atoms with E-state index < -0.39 is 0 Å². The molecule has 1 aromatic carbocycles. The van der Waals surface area contributed by atoms with E-state index >= 15 is 0 Å². The molecule has 0 bridgehead atoms. The van der Waals surface area contributed by atoms with E-state index in [1.165, 1.54) is 0 Å². The number of hydrogen-bond acceptors (Lipinski definition) is 3. The van der Waals surface area contributed by atoms with Crippen LogP contribution in [-0.2, 0) is 4.74 Å². The molecule has 1 heterocycles. The van der Waals surface area contributed by atoms with Crippen molar-refractivity contribution in [2.45, 2.75) is 12.3 Å². The van der Waals surface area contributed by atoms with E-state index in [0.717, 1.165) is 10.9 Å². The average molecular weight is 282 g/mol. The highest BCUT2D eigenvalue weighted by molar-refractivity contribution is 6.21. The number of halogens is 1. The number of amides is 1. The van der Waals surface area contributed by atoms with Crippen LogP contribution < -0.4 is 5.32 Å². The number of rotatable bonds is 5. The second-order valence-corrected chi connectivity index (χ2v) is 5.03. The summed E-state index contributed by atoms with van der Waals surface area (Å²) in [6.07, 6.45) is 0. The van der Waals surface area contributed by atoms with Gasteiger partial charge in [-0.25, -0.2) is 0 Å². The summed E-state index contributed by atoms with van der Waals surface area (Å²) >= 11 is 5.94. The summed E-state index contributed by atoms with van der Waals surface area (Å²) in [5, 5.41) is 3.39. The summed E-state index contributed by atoms with van der Waals surface area (Å²) < 4.78 is 10.4. The Morgan fingerprint density at radius 1 is 1.47 bits per heavy atom. The number of furan rings is 1. The number of alkyl halides is 1. The highest BCUT2D eigenvalue weighted by atomic mass is 35.5. The third-order valence-electron chi connectivity index (χ3n) is 2.73. The van der Waals surface area contributed by atoms with Gasteiger partial charge in [-0.2, -0.15) is 0 Å². The van der Waals surface area contributed by atoms with Gasteiger partial charge in [-0.1, -0.05) is 11.6 Å². The molecule has 102 valence electrons. The third kappa shape index (κ3) is 3.49. The zero-order chi connectivity index (χ0) is 13.8. The molecule has 1 unspecified atom stereocenters. The number of methoxy groups -OCH3 is 1. The fourth-order valence-corrected chi connectivity index (χ4v) is 2.01. The third-order valence-corrected chi connectivity index (χ3v) is 3.01. The van der Waals surface area contributed by atoms with E-state index in [1.807, 2.05) is 25.1 Å². The molecule has 1 N–H and O–H groups in total. The Labute approximate surface area is 116 Å². The van der Waals surface area contributed by atoms with Gasteiger partial charge in [0.2, 0.25) is 0 Å². The maximum absolute atomic E-state index is 11.9. The smallest absolute Gasteiger partial charge is 0.287 e. The lowest BCUT2D eigenvalue weighted by Crippen LogP contribution is -2.31. The Balaban J connectivity index is 2.05. The summed E-state index contributed by atoms with van der Waals surface area (Å²) in [6, 6.07) is 7.51. The van der Waals surface area contributed by atoms with Crippen LogP contribution in [-0.4, -0.2) is 31.5 Å². The van der Waals surface area contributed by atoms with E-state index in [9.17, 15) is 4.79 Å². The standard InChI is InChI=1S/C14H16ClNO3/c1-9-3-4-12-10(5-9)6-13(19-12)14(17)16-7-11(15)8-18-2/h3-6,11H,7-8H2,1-2H3,(H,16,17). The molecule has 1 amide bonds. The van der Waals surface area contributed by atoms with Crippen LogP contribution in [0.4, 0.5) is 0 Å². The molecule has 1 atom stereocenters. The van der Waals surface area contributed by atoms with Gasteiger partial charge in [0.05, 0.1) is 12.0 Å². The van der Waals surface area contributed by atoms with Gasteiger partial charge in [-0.05, 0) is 25.1 Å². The number of benzene rings is 1. The normalized spacial score (nSPS) is 12.6. The number of carbonyl (C=O) groups excluding carboxylic acids is 1. The minimum atomic E-state index is -0.268. The first-order valence-electron chi connectivity index (χ1n) is 6.01. The molecule has 1 aromatic heterocycles. The zero-order valence-corrected chi connectivity index (χ0v) is 11.7. The Kier molecular flexibility index (Phi) is 4.45. The van der Waals surface area contributed by atoms with Gasteiger partial charge in [0.15, 0.2) is 5.76 Å². The van der Waals surface area contributed by atoms with Crippen LogP contribution in [0.5, 0.6) is 0 Å². The Morgan fingerprint density at radius 2 is 2.26 bits per heavy atom. The number of carbonyl (C=O) groups is 1. The summed E-state index contributed by atoms with van der Waals surface area (Å²) in [6.45, 7) is 2.72. The zero-order valence-electron chi connectivity index (χ0n) is 10.9. The van der Waals surface area contributed by atoms with Crippen LogP contribution in [0.1, 0.15) is 16.1 Å². The van der Waals surface area contributed by atoms with E-state index in [2.05, 4.69) is 5.32 Å². The van der Waals surface area contributed by atoms with Crippen molar-refractivity contribution in [2.24, 2.45) is 0 Å². The molecular formula is C14H16ClNO3. The summed E-state index contributed by atoms with van der Waals surface area (Å²) in [7, 11) is 1.57. The summed E-state index contributed by atoms with van der Waals surface area (Å²) in [4.78, 5) is 11.9. The number of hydrogen-bond donors (Lipinski definition) is 1. The Hall–Kier alpha value is -1.52. The van der Waals surface area contributed by atoms with Crippen LogP contribution in [0.2, 0.25) is 0 Å². The quantitative estimate of drug-likeness (QED) is 0.858. The van der Waals surface area contributed by atoms with Crippen molar-refractivity contribution < 1.29 is 13.9 Å². The van der Waals surface area contributed by atoms with Gasteiger partial charge in [-0.15, -0.1) is 11.6 Å². The minimum Gasteiger partial charge on any atom is -0.451 e. The first-order valence-corrected chi connectivity index (χ1v) is 6.45. The molecule has 0 fully saturated rings. The number of ether oxygens (including phenoxy) is 1. The second kappa shape index (κ2) is 6.08. The molecule has 4 nitrogen and oxygen atoms in total. The molecule has 5 heteroatoms. The minimum absolute atomic E-state index is 0.249. The van der Waals surface area contributed by atoms with E-state index in [-0.39, 0.29) is 11.3 Å². The van der Waals surface area contributed by atoms with E-state index in [0.29, 0.717) is 24.5 Å². The number of nitrogens with one attached hydrogen (secondary N) is 1. The fraction of sp³-hybridized carbons (Fsp3) is 0.357. The topological polar surface area (TPSA) is 51.5 Å². The molecule has 2 aromatic rings. The van der Waals surface area contributed by atoms with Crippen molar-refractivity contribution in [1.29, 1.82) is 0 Å². The van der Waals surface area contributed by atoms with Crippen molar-refractivity contribution in [3.05, 3.63) is 35.6 Å². The molecule has 0 aliphatic rings. The van der Waals surface area contributed by atoms with Crippen molar-refractivity contribution >= 4 is 28.5 Å². The highest BCUT2D eigenvalue weighted by Crippen LogP contribution is 2.20. The molecule has 0 aliphatic carbocycles. The van der Waals surface area contributed by atoms with Crippen molar-refractivity contribution in [1.82, 2.24) is 5.32 Å². The van der Waals surface area contributed by atoms with Crippen LogP contribution in [0.3, 0.4) is 0 Å². The lowest BCUT2D eigenvalue weighted by molar-refractivity contribution is 0.0924. The van der Waals surface area contributed by atoms with Gasteiger partial charge in [0.1, 0.15) is 5.58 Å². The molecule has 0 aliphatic heterocycles. The maximum Gasteiger partial charge on any atom is 0.287 e. The molecule has 0 radical (unpaired) electrons. The predicted octanol–water partition coefficient (Wildman–Crippen LogP) is 2.72. The van der Waals surface area contributed by atoms with Crippen molar-refractivity contribution in [2.75, 3.05) is 20.3 Å². The first-order chi connectivity index (χ1) is 9.10. The molecule has 0 saturated carbocycles. The van der Waals surface area contributed by atoms with Crippen molar-refractivity contribution in [3.8, 4) is 0 Å². The summed E-state index contributed by atoms with van der Waals surface area (Å²) in [5.41, 5.74) is 1.83. The molecular weight excluding hydrogens is 266 g/mol.